The molecule has 134 valence electrons. The number of ketones is 1. The zero-order valence-electron chi connectivity index (χ0n) is 14.1. The van der Waals surface area contributed by atoms with Crippen LogP contribution in [0.5, 0.6) is 0 Å². The van der Waals surface area contributed by atoms with Crippen molar-refractivity contribution in [3.8, 4) is 0 Å². The molecule has 1 amide bonds. The van der Waals surface area contributed by atoms with E-state index >= 15 is 0 Å². The molecule has 0 bridgehead atoms. The van der Waals surface area contributed by atoms with E-state index in [0.717, 1.165) is 11.3 Å². The summed E-state index contributed by atoms with van der Waals surface area (Å²) < 4.78 is 0. The van der Waals surface area contributed by atoms with Gasteiger partial charge in [0.1, 0.15) is 5.78 Å². The van der Waals surface area contributed by atoms with Crippen LogP contribution >= 0.6 is 11.6 Å². The van der Waals surface area contributed by atoms with E-state index in [1.807, 2.05) is 19.1 Å². The van der Waals surface area contributed by atoms with E-state index < -0.39 is 11.9 Å². The van der Waals surface area contributed by atoms with E-state index in [2.05, 4.69) is 5.10 Å². The Balaban J connectivity index is 2.10. The summed E-state index contributed by atoms with van der Waals surface area (Å²) in [6, 6.07) is 7.24. The largest absolute Gasteiger partial charge is 0.481 e. The number of halogens is 1. The predicted octanol–water partition coefficient (Wildman–Crippen LogP) is 3.13. The van der Waals surface area contributed by atoms with Crippen LogP contribution < -0.4 is 0 Å². The van der Waals surface area contributed by atoms with Crippen molar-refractivity contribution in [3.05, 3.63) is 34.9 Å². The number of nitrogens with zero attached hydrogens (tertiary/aromatic N) is 2. The third kappa shape index (κ3) is 5.39. The maximum atomic E-state index is 12.2. The van der Waals surface area contributed by atoms with Gasteiger partial charge in [-0.2, -0.15) is 5.10 Å². The molecule has 0 spiro atoms. The number of aliphatic carboxylic acids is 1. The van der Waals surface area contributed by atoms with Crippen LogP contribution in [0.1, 0.15) is 44.6 Å². The molecule has 0 radical (unpaired) electrons. The Bertz CT molecular complexity index is 685. The zero-order valence-corrected chi connectivity index (χ0v) is 14.8. The van der Waals surface area contributed by atoms with Crippen molar-refractivity contribution in [2.75, 3.05) is 6.54 Å². The first-order chi connectivity index (χ1) is 11.9. The van der Waals surface area contributed by atoms with Crippen molar-refractivity contribution in [1.29, 1.82) is 0 Å². The summed E-state index contributed by atoms with van der Waals surface area (Å²) in [4.78, 5) is 35.0. The summed E-state index contributed by atoms with van der Waals surface area (Å²) in [6.07, 6.45) is 1.20. The van der Waals surface area contributed by atoms with Gasteiger partial charge in [-0.25, -0.2) is 5.01 Å². The fourth-order valence-electron chi connectivity index (χ4n) is 2.69. The highest BCUT2D eigenvalue weighted by molar-refractivity contribution is 6.30. The lowest BCUT2D eigenvalue weighted by Gasteiger charge is -2.26. The predicted molar refractivity (Wildman–Crippen MR) is 94.6 cm³/mol. The molecule has 0 aromatic heterocycles. The molecule has 1 aromatic rings. The van der Waals surface area contributed by atoms with E-state index in [9.17, 15) is 14.4 Å². The minimum atomic E-state index is -1.000. The summed E-state index contributed by atoms with van der Waals surface area (Å²) in [6.45, 7) is 2.03. The standard InChI is InChI=1S/C18H21ClN2O4/c1-2-12(16(22)8-10-18(24)25)11-21-17(23)9-7-15(20-21)13-3-5-14(19)6-4-13/h3-6,12H,2,7-11H2,1H3,(H,24,25)/t12-/m0/s1. The molecule has 6 nitrogen and oxygen atoms in total. The third-order valence-corrected chi connectivity index (χ3v) is 4.46. The van der Waals surface area contributed by atoms with Crippen molar-refractivity contribution < 1.29 is 19.5 Å². The topological polar surface area (TPSA) is 87.0 Å². The maximum Gasteiger partial charge on any atom is 0.303 e. The van der Waals surface area contributed by atoms with Crippen LogP contribution in [0.2, 0.25) is 5.02 Å². The normalized spacial score (nSPS) is 15.7. The Hall–Kier alpha value is -2.21. The first kappa shape index (κ1) is 19.1. The van der Waals surface area contributed by atoms with Crippen LogP contribution in [0.3, 0.4) is 0 Å². The molecule has 7 heteroatoms. The summed E-state index contributed by atoms with van der Waals surface area (Å²) in [5.74, 6) is -1.68. The summed E-state index contributed by atoms with van der Waals surface area (Å²) in [5.41, 5.74) is 1.68. The Kier molecular flexibility index (Phi) is 6.70. The molecule has 0 fully saturated rings. The molecule has 1 aliphatic rings. The number of Topliss-reactive ketones (excluding diaryl/α,β-unsaturated/α-hetero) is 1. The van der Waals surface area contributed by atoms with E-state index in [4.69, 9.17) is 16.7 Å². The van der Waals surface area contributed by atoms with Crippen molar-refractivity contribution in [3.63, 3.8) is 0 Å². The van der Waals surface area contributed by atoms with Crippen LogP contribution in [-0.2, 0) is 14.4 Å². The highest BCUT2D eigenvalue weighted by atomic mass is 35.5. The highest BCUT2D eigenvalue weighted by Crippen LogP contribution is 2.20. The number of hydrazone groups is 1. The molecule has 0 unspecified atom stereocenters. The van der Waals surface area contributed by atoms with Gasteiger partial charge in [-0.3, -0.25) is 14.4 Å². The lowest BCUT2D eigenvalue weighted by atomic mass is 9.96. The zero-order chi connectivity index (χ0) is 18.4. The molecule has 0 saturated carbocycles. The van der Waals surface area contributed by atoms with Crippen LogP contribution in [-0.4, -0.2) is 40.0 Å². The summed E-state index contributed by atoms with van der Waals surface area (Å²) in [5, 5.41) is 15.1. The lowest BCUT2D eigenvalue weighted by molar-refractivity contribution is -0.140. The molecule has 1 heterocycles. The van der Waals surface area contributed by atoms with Crippen molar-refractivity contribution in [2.45, 2.75) is 39.0 Å². The Morgan fingerprint density at radius 2 is 1.92 bits per heavy atom. The van der Waals surface area contributed by atoms with Crippen molar-refractivity contribution >= 4 is 35.0 Å². The summed E-state index contributed by atoms with van der Waals surface area (Å²) in [7, 11) is 0. The lowest BCUT2D eigenvalue weighted by Crippen LogP contribution is -2.37. The molecule has 1 N–H and O–H groups in total. The van der Waals surface area contributed by atoms with Gasteiger partial charge in [-0.15, -0.1) is 0 Å². The SMILES string of the molecule is CC[C@@H](CN1N=C(c2ccc(Cl)cc2)CCC1=O)C(=O)CCC(=O)O. The van der Waals surface area contributed by atoms with Gasteiger partial charge in [0, 0.05) is 30.2 Å². The minimum Gasteiger partial charge on any atom is -0.481 e. The van der Waals surface area contributed by atoms with Gasteiger partial charge in [-0.05, 0) is 24.1 Å². The van der Waals surface area contributed by atoms with Crippen LogP contribution in [0.15, 0.2) is 29.4 Å². The number of hydrogen-bond donors (Lipinski definition) is 1. The fourth-order valence-corrected chi connectivity index (χ4v) is 2.82. The molecule has 0 aliphatic carbocycles. The highest BCUT2D eigenvalue weighted by Gasteiger charge is 2.26. The van der Waals surface area contributed by atoms with Gasteiger partial charge < -0.3 is 5.11 Å². The smallest absolute Gasteiger partial charge is 0.303 e. The molecular formula is C18H21ClN2O4. The number of rotatable bonds is 8. The van der Waals surface area contributed by atoms with Crippen LogP contribution in [0, 0.1) is 5.92 Å². The molecule has 1 aromatic carbocycles. The number of carbonyl (C=O) groups is 3. The average Bonchev–Trinajstić information content (AvgIpc) is 2.59. The number of amides is 1. The molecule has 25 heavy (non-hydrogen) atoms. The van der Waals surface area contributed by atoms with Gasteiger partial charge in [0.05, 0.1) is 18.7 Å². The first-order valence-corrected chi connectivity index (χ1v) is 8.66. The maximum absolute atomic E-state index is 12.2. The van der Waals surface area contributed by atoms with E-state index in [-0.39, 0.29) is 31.1 Å². The van der Waals surface area contributed by atoms with Crippen LogP contribution in [0.25, 0.3) is 0 Å². The van der Waals surface area contributed by atoms with Crippen molar-refractivity contribution in [1.82, 2.24) is 5.01 Å². The Morgan fingerprint density at radius 1 is 1.24 bits per heavy atom. The number of carbonyl (C=O) groups excluding carboxylic acids is 2. The van der Waals surface area contributed by atoms with Gasteiger partial charge in [0.25, 0.3) is 0 Å². The molecule has 2 rings (SSSR count). The third-order valence-electron chi connectivity index (χ3n) is 4.21. The number of carboxylic acid groups (broad SMARTS) is 1. The quantitative estimate of drug-likeness (QED) is 0.767. The Labute approximate surface area is 151 Å². The number of benzene rings is 1. The molecule has 1 aliphatic heterocycles. The minimum absolute atomic E-state index is 0.0242. The van der Waals surface area contributed by atoms with Gasteiger partial charge in [0.2, 0.25) is 5.91 Å². The monoisotopic (exact) mass is 364 g/mol. The second kappa shape index (κ2) is 8.76. The van der Waals surface area contributed by atoms with E-state index in [0.29, 0.717) is 24.3 Å². The molecular weight excluding hydrogens is 344 g/mol. The van der Waals surface area contributed by atoms with Gasteiger partial charge in [-0.1, -0.05) is 30.7 Å². The number of carboxylic acids is 1. The Morgan fingerprint density at radius 3 is 2.52 bits per heavy atom. The van der Waals surface area contributed by atoms with E-state index in [1.54, 1.807) is 12.1 Å². The molecule has 1 atom stereocenters. The first-order valence-electron chi connectivity index (χ1n) is 8.29. The second-order valence-electron chi connectivity index (χ2n) is 5.99. The van der Waals surface area contributed by atoms with Crippen molar-refractivity contribution in [2.24, 2.45) is 11.0 Å². The second-order valence-corrected chi connectivity index (χ2v) is 6.43. The molecule has 0 saturated heterocycles. The number of hydrogen-bond acceptors (Lipinski definition) is 4. The van der Waals surface area contributed by atoms with Gasteiger partial charge >= 0.3 is 5.97 Å². The van der Waals surface area contributed by atoms with E-state index in [1.165, 1.54) is 5.01 Å². The van der Waals surface area contributed by atoms with Crippen LogP contribution in [0.4, 0.5) is 0 Å². The van der Waals surface area contributed by atoms with Gasteiger partial charge in [0.15, 0.2) is 0 Å². The summed E-state index contributed by atoms with van der Waals surface area (Å²) >= 11 is 5.89. The fraction of sp³-hybridized carbons (Fsp3) is 0.444. The average molecular weight is 365 g/mol.